The van der Waals surface area contributed by atoms with Crippen LogP contribution in [0.4, 0.5) is 0 Å². The van der Waals surface area contributed by atoms with Crippen LogP contribution in [0.2, 0.25) is 0 Å². The van der Waals surface area contributed by atoms with Crippen molar-refractivity contribution < 1.29 is 9.90 Å². The van der Waals surface area contributed by atoms with Crippen LogP contribution in [0.25, 0.3) is 0 Å². The van der Waals surface area contributed by atoms with Crippen molar-refractivity contribution in [2.45, 2.75) is 32.6 Å². The Bertz CT molecular complexity index is 396. The summed E-state index contributed by atoms with van der Waals surface area (Å²) in [5.74, 6) is 0.0156. The summed E-state index contributed by atoms with van der Waals surface area (Å²) >= 11 is 0. The third-order valence-electron chi connectivity index (χ3n) is 2.84. The molecule has 2 N–H and O–H groups in total. The van der Waals surface area contributed by atoms with Crippen LogP contribution in [0.5, 0.6) is 5.75 Å². The number of unbranched alkanes of at least 4 members (excludes halogenated alkanes) is 3. The minimum absolute atomic E-state index is 0.0799. The molecule has 0 saturated carbocycles. The van der Waals surface area contributed by atoms with Crippen LogP contribution >= 0.6 is 0 Å². The Balaban J connectivity index is 2.24. The maximum absolute atomic E-state index is 11.9. The summed E-state index contributed by atoms with van der Waals surface area (Å²) in [6, 6.07) is 1.45. The van der Waals surface area contributed by atoms with Gasteiger partial charge in [-0.3, -0.25) is 4.79 Å². The predicted octanol–water partition coefficient (Wildman–Crippen LogP) is 2.93. The number of aromatic hydroxyl groups is 1. The zero-order valence-electron chi connectivity index (χ0n) is 11.1. The van der Waals surface area contributed by atoms with Crippen LogP contribution in [-0.4, -0.2) is 34.5 Å². The maximum atomic E-state index is 11.9. The number of rotatable bonds is 7. The van der Waals surface area contributed by atoms with Gasteiger partial charge in [-0.15, -0.1) is 0 Å². The number of hydrogen-bond donors (Lipinski definition) is 2. The average molecular weight is 250 g/mol. The fraction of sp³-hybridized carbons (Fsp3) is 0.500. The molecule has 0 bridgehead atoms. The molecular weight excluding hydrogens is 228 g/mol. The van der Waals surface area contributed by atoms with E-state index in [-0.39, 0.29) is 11.7 Å². The number of aromatic amines is 1. The molecule has 0 aromatic carbocycles. The summed E-state index contributed by atoms with van der Waals surface area (Å²) in [4.78, 5) is 16.3. The summed E-state index contributed by atoms with van der Waals surface area (Å²) in [6.07, 6.45) is 10.0. The Morgan fingerprint density at radius 2 is 2.22 bits per heavy atom. The van der Waals surface area contributed by atoms with Crippen LogP contribution < -0.4 is 0 Å². The first-order valence-electron chi connectivity index (χ1n) is 6.39. The Hall–Kier alpha value is -1.71. The van der Waals surface area contributed by atoms with Gasteiger partial charge in [-0.05, 0) is 26.2 Å². The molecule has 0 aliphatic heterocycles. The van der Waals surface area contributed by atoms with Crippen molar-refractivity contribution in [2.24, 2.45) is 0 Å². The summed E-state index contributed by atoms with van der Waals surface area (Å²) in [5.41, 5.74) is 0.434. The molecule has 18 heavy (non-hydrogen) atoms. The van der Waals surface area contributed by atoms with E-state index in [9.17, 15) is 9.90 Å². The fourth-order valence-electron chi connectivity index (χ4n) is 1.77. The lowest BCUT2D eigenvalue weighted by atomic mass is 10.2. The van der Waals surface area contributed by atoms with E-state index in [1.54, 1.807) is 11.9 Å². The number of carbonyl (C=O) groups is 1. The summed E-state index contributed by atoms with van der Waals surface area (Å²) in [5, 5.41) is 9.17. The number of H-pyrrole nitrogens is 1. The smallest absolute Gasteiger partial charge is 0.270 e. The molecule has 0 unspecified atom stereocenters. The van der Waals surface area contributed by atoms with Gasteiger partial charge in [0.2, 0.25) is 0 Å². The normalized spacial score (nSPS) is 11.0. The molecule has 1 rings (SSSR count). The Kier molecular flexibility index (Phi) is 6.05. The van der Waals surface area contributed by atoms with Gasteiger partial charge in [-0.25, -0.2) is 0 Å². The monoisotopic (exact) mass is 250 g/mol. The molecule has 0 radical (unpaired) electrons. The number of allylic oxidation sites excluding steroid dienone is 2. The zero-order valence-corrected chi connectivity index (χ0v) is 11.1. The summed E-state index contributed by atoms with van der Waals surface area (Å²) < 4.78 is 0. The van der Waals surface area contributed by atoms with Gasteiger partial charge in [0.1, 0.15) is 11.4 Å². The van der Waals surface area contributed by atoms with Crippen LogP contribution in [0.1, 0.15) is 43.1 Å². The predicted molar refractivity (Wildman–Crippen MR) is 72.7 cm³/mol. The first kappa shape index (κ1) is 14.4. The highest BCUT2D eigenvalue weighted by Gasteiger charge is 2.12. The van der Waals surface area contributed by atoms with Gasteiger partial charge in [-0.2, -0.15) is 0 Å². The van der Waals surface area contributed by atoms with Crippen molar-refractivity contribution in [1.29, 1.82) is 0 Å². The molecule has 0 saturated heterocycles. The molecule has 100 valence electrons. The van der Waals surface area contributed by atoms with Gasteiger partial charge in [0, 0.05) is 25.9 Å². The van der Waals surface area contributed by atoms with Crippen molar-refractivity contribution in [3.05, 3.63) is 30.1 Å². The van der Waals surface area contributed by atoms with E-state index in [1.165, 1.54) is 12.3 Å². The largest absolute Gasteiger partial charge is 0.506 e. The molecule has 0 atom stereocenters. The molecule has 4 nitrogen and oxygen atoms in total. The van der Waals surface area contributed by atoms with Gasteiger partial charge in [-0.1, -0.05) is 18.6 Å². The van der Waals surface area contributed by atoms with E-state index < -0.39 is 0 Å². The zero-order chi connectivity index (χ0) is 13.4. The Labute approximate surface area is 108 Å². The molecule has 0 aliphatic carbocycles. The van der Waals surface area contributed by atoms with Crippen molar-refractivity contribution in [3.8, 4) is 5.75 Å². The van der Waals surface area contributed by atoms with Gasteiger partial charge in [0.15, 0.2) is 0 Å². The molecule has 1 heterocycles. The van der Waals surface area contributed by atoms with E-state index in [0.717, 1.165) is 32.2 Å². The van der Waals surface area contributed by atoms with E-state index in [4.69, 9.17) is 0 Å². The first-order valence-corrected chi connectivity index (χ1v) is 6.39. The van der Waals surface area contributed by atoms with Gasteiger partial charge in [0.05, 0.1) is 0 Å². The number of amides is 1. The molecule has 1 amide bonds. The van der Waals surface area contributed by atoms with Crippen molar-refractivity contribution in [1.82, 2.24) is 9.88 Å². The number of hydrogen-bond acceptors (Lipinski definition) is 2. The van der Waals surface area contributed by atoms with Crippen LogP contribution in [0, 0.1) is 0 Å². The molecular formula is C14H22N2O2. The van der Waals surface area contributed by atoms with Crippen LogP contribution in [-0.2, 0) is 0 Å². The second-order valence-electron chi connectivity index (χ2n) is 4.42. The molecule has 0 aliphatic rings. The number of nitrogens with one attached hydrogen (secondary N) is 1. The Morgan fingerprint density at radius 1 is 1.44 bits per heavy atom. The molecule has 1 aromatic rings. The Morgan fingerprint density at radius 3 is 2.83 bits per heavy atom. The quantitative estimate of drug-likeness (QED) is 0.577. The highest BCUT2D eigenvalue weighted by molar-refractivity contribution is 5.92. The number of nitrogens with zero attached hydrogens (tertiary/aromatic N) is 1. The van der Waals surface area contributed by atoms with Crippen molar-refractivity contribution in [2.75, 3.05) is 13.6 Å². The van der Waals surface area contributed by atoms with E-state index in [0.29, 0.717) is 5.69 Å². The maximum Gasteiger partial charge on any atom is 0.270 e. The fourth-order valence-corrected chi connectivity index (χ4v) is 1.77. The molecule has 0 spiro atoms. The second-order valence-corrected chi connectivity index (χ2v) is 4.42. The lowest BCUT2D eigenvalue weighted by Gasteiger charge is -2.15. The molecule has 1 aromatic heterocycles. The van der Waals surface area contributed by atoms with E-state index in [2.05, 4.69) is 17.1 Å². The topological polar surface area (TPSA) is 56.3 Å². The van der Waals surface area contributed by atoms with E-state index >= 15 is 0 Å². The van der Waals surface area contributed by atoms with Crippen molar-refractivity contribution in [3.63, 3.8) is 0 Å². The minimum Gasteiger partial charge on any atom is -0.506 e. The van der Waals surface area contributed by atoms with Gasteiger partial charge in [0.25, 0.3) is 5.91 Å². The van der Waals surface area contributed by atoms with Crippen molar-refractivity contribution >= 4 is 5.91 Å². The third-order valence-corrected chi connectivity index (χ3v) is 2.84. The highest BCUT2D eigenvalue weighted by atomic mass is 16.3. The summed E-state index contributed by atoms with van der Waals surface area (Å²) in [6.45, 7) is 2.77. The minimum atomic E-state index is -0.0799. The average Bonchev–Trinajstić information content (AvgIpc) is 2.79. The standard InChI is InChI=1S/C14H22N2O2/c1-3-4-5-6-7-8-9-16(2)14(18)13-10-12(17)11-15-13/h3-4,10-11,15,17H,5-9H2,1-2H3/b4-3+. The van der Waals surface area contributed by atoms with Crippen LogP contribution in [0.3, 0.4) is 0 Å². The second kappa shape index (κ2) is 7.58. The SMILES string of the molecule is C/C=C/CCCCCN(C)C(=O)c1cc(O)c[nH]1. The van der Waals surface area contributed by atoms with Gasteiger partial charge >= 0.3 is 0 Å². The highest BCUT2D eigenvalue weighted by Crippen LogP contribution is 2.11. The molecule has 4 heteroatoms. The lowest BCUT2D eigenvalue weighted by molar-refractivity contribution is 0.0787. The molecule has 0 fully saturated rings. The van der Waals surface area contributed by atoms with Crippen LogP contribution in [0.15, 0.2) is 24.4 Å². The number of carbonyl (C=O) groups excluding carboxylic acids is 1. The van der Waals surface area contributed by atoms with E-state index in [1.807, 2.05) is 6.92 Å². The van der Waals surface area contributed by atoms with Gasteiger partial charge < -0.3 is 15.0 Å². The summed E-state index contributed by atoms with van der Waals surface area (Å²) in [7, 11) is 1.78. The number of aromatic nitrogens is 1. The lowest BCUT2D eigenvalue weighted by Crippen LogP contribution is -2.27. The third kappa shape index (κ3) is 4.65. The first-order chi connectivity index (χ1) is 8.65.